The van der Waals surface area contributed by atoms with Gasteiger partial charge in [-0.25, -0.2) is 9.90 Å². The highest BCUT2D eigenvalue weighted by atomic mass is 32.2. The molecule has 5 heteroatoms. The molecule has 0 N–H and O–H groups in total. The molecule has 0 aromatic rings. The van der Waals surface area contributed by atoms with Gasteiger partial charge in [0.25, 0.3) is 0 Å². The lowest BCUT2D eigenvalue weighted by molar-refractivity contribution is -0.252. The first kappa shape index (κ1) is 6.82. The van der Waals surface area contributed by atoms with Crippen LogP contribution in [0.3, 0.4) is 0 Å². The van der Waals surface area contributed by atoms with E-state index in [2.05, 4.69) is 4.84 Å². The highest BCUT2D eigenvalue weighted by Crippen LogP contribution is 2.16. The Morgan fingerprint density at radius 2 is 2.44 bits per heavy atom. The first-order chi connectivity index (χ1) is 4.29. The van der Waals surface area contributed by atoms with Crippen LogP contribution in [0.25, 0.3) is 0 Å². The molecule has 0 fully saturated rings. The van der Waals surface area contributed by atoms with Crippen LogP contribution in [0.15, 0.2) is 11.6 Å². The van der Waals surface area contributed by atoms with Crippen LogP contribution in [0.2, 0.25) is 0 Å². The van der Waals surface area contributed by atoms with Crippen molar-refractivity contribution < 1.29 is 13.6 Å². The smallest absolute Gasteiger partial charge is 0.245 e. The summed E-state index contributed by atoms with van der Waals surface area (Å²) < 4.78 is 22.8. The predicted molar refractivity (Wildman–Crippen MR) is 30.5 cm³/mol. The average molecular weight is 153 g/mol. The Bertz CT molecular complexity index is 119. The molecule has 0 aliphatic carbocycles. The second kappa shape index (κ2) is 3.03. The number of thioether (sulfide) groups is 1. The number of nitrogens with zero attached hydrogens (tertiary/aromatic N) is 1. The normalized spacial score (nSPS) is 17.9. The minimum absolute atomic E-state index is 0.449. The van der Waals surface area contributed by atoms with Gasteiger partial charge < -0.3 is 0 Å². The van der Waals surface area contributed by atoms with E-state index in [0.717, 1.165) is 5.06 Å². The van der Waals surface area contributed by atoms with Crippen molar-refractivity contribution in [1.82, 2.24) is 5.06 Å². The molecule has 52 valence electrons. The molecule has 0 aromatic carbocycles. The number of hydroxylamine groups is 2. The van der Waals surface area contributed by atoms with Gasteiger partial charge in [-0.3, -0.25) is 0 Å². The fourth-order valence-corrected chi connectivity index (χ4v) is 1.04. The second-order valence-corrected chi connectivity index (χ2v) is 2.23. The van der Waals surface area contributed by atoms with E-state index in [1.165, 1.54) is 18.0 Å². The number of halogens is 2. The Morgan fingerprint density at radius 1 is 1.67 bits per heavy atom. The van der Waals surface area contributed by atoms with Crippen LogP contribution < -0.4 is 0 Å². The van der Waals surface area contributed by atoms with Crippen molar-refractivity contribution in [3.63, 3.8) is 0 Å². The maximum Gasteiger partial charge on any atom is 0.364 e. The molecule has 0 radical (unpaired) electrons. The molecule has 1 rings (SSSR count). The van der Waals surface area contributed by atoms with Crippen LogP contribution in [0.1, 0.15) is 0 Å². The molecule has 0 saturated carbocycles. The highest BCUT2D eigenvalue weighted by molar-refractivity contribution is 8.02. The van der Waals surface area contributed by atoms with Gasteiger partial charge in [0.1, 0.15) is 0 Å². The molecule has 0 atom stereocenters. The van der Waals surface area contributed by atoms with Crippen LogP contribution in [0.4, 0.5) is 8.78 Å². The highest BCUT2D eigenvalue weighted by Gasteiger charge is 2.10. The Balaban J connectivity index is 2.20. The van der Waals surface area contributed by atoms with Gasteiger partial charge >= 0.3 is 6.61 Å². The number of hydrogen-bond acceptors (Lipinski definition) is 3. The van der Waals surface area contributed by atoms with Gasteiger partial charge in [0.2, 0.25) is 0 Å². The van der Waals surface area contributed by atoms with E-state index in [1.54, 1.807) is 5.41 Å². The van der Waals surface area contributed by atoms with Crippen molar-refractivity contribution in [2.75, 3.05) is 5.88 Å². The molecule has 0 amide bonds. The van der Waals surface area contributed by atoms with Crippen LogP contribution in [-0.2, 0) is 4.84 Å². The Kier molecular flexibility index (Phi) is 2.29. The lowest BCUT2D eigenvalue weighted by Gasteiger charge is -2.11. The van der Waals surface area contributed by atoms with Gasteiger partial charge in [-0.2, -0.15) is 8.78 Å². The average Bonchev–Trinajstić information content (AvgIpc) is 2.15. The summed E-state index contributed by atoms with van der Waals surface area (Å²) in [6.45, 7) is -2.71. The van der Waals surface area contributed by atoms with Gasteiger partial charge in [-0.15, -0.1) is 11.8 Å². The van der Waals surface area contributed by atoms with E-state index in [0.29, 0.717) is 5.88 Å². The molecule has 1 heterocycles. The molecular weight excluding hydrogens is 148 g/mol. The number of rotatable bonds is 2. The van der Waals surface area contributed by atoms with E-state index < -0.39 is 6.61 Å². The van der Waals surface area contributed by atoms with Gasteiger partial charge in [0.15, 0.2) is 0 Å². The Hall–Kier alpha value is -0.290. The minimum atomic E-state index is -2.71. The summed E-state index contributed by atoms with van der Waals surface area (Å²) in [5.41, 5.74) is 0. The van der Waals surface area contributed by atoms with Crippen LogP contribution in [-0.4, -0.2) is 17.6 Å². The monoisotopic (exact) mass is 153 g/mol. The summed E-state index contributed by atoms with van der Waals surface area (Å²) in [5.74, 6) is 0.449. The van der Waals surface area contributed by atoms with Crippen molar-refractivity contribution in [1.29, 1.82) is 0 Å². The Morgan fingerprint density at radius 3 is 2.89 bits per heavy atom. The SMILES string of the molecule is FC(F)ON1C=CSC1. The molecule has 0 spiro atoms. The largest absolute Gasteiger partial charge is 0.364 e. The quantitative estimate of drug-likeness (QED) is 0.598. The fraction of sp³-hybridized carbons (Fsp3) is 0.500. The molecular formula is C4H5F2NOS. The molecule has 0 unspecified atom stereocenters. The van der Waals surface area contributed by atoms with E-state index in [1.807, 2.05) is 0 Å². The standard InChI is InChI=1S/C4H5F2NOS/c5-4(6)8-7-1-2-9-3-7/h1-2,4H,3H2. The molecule has 1 aliphatic heterocycles. The zero-order valence-corrected chi connectivity index (χ0v) is 5.28. The van der Waals surface area contributed by atoms with Crippen LogP contribution in [0.5, 0.6) is 0 Å². The third-order valence-corrected chi connectivity index (χ3v) is 1.46. The van der Waals surface area contributed by atoms with Crippen molar-refractivity contribution in [3.8, 4) is 0 Å². The molecule has 1 aliphatic rings. The maximum atomic E-state index is 11.4. The van der Waals surface area contributed by atoms with Crippen LogP contribution in [0, 0.1) is 0 Å². The lowest BCUT2D eigenvalue weighted by atomic mass is 11.0. The Labute approximate surface area is 55.4 Å². The van der Waals surface area contributed by atoms with Gasteiger partial charge in [-0.1, -0.05) is 0 Å². The maximum absolute atomic E-state index is 11.4. The lowest BCUT2D eigenvalue weighted by Crippen LogP contribution is -2.17. The molecule has 0 saturated heterocycles. The first-order valence-electron chi connectivity index (χ1n) is 2.29. The fourth-order valence-electron chi connectivity index (χ4n) is 0.438. The van der Waals surface area contributed by atoms with Gasteiger partial charge in [0, 0.05) is 6.20 Å². The third-order valence-electron chi connectivity index (χ3n) is 0.740. The van der Waals surface area contributed by atoms with Crippen molar-refractivity contribution in [2.45, 2.75) is 6.61 Å². The van der Waals surface area contributed by atoms with Gasteiger partial charge in [0.05, 0.1) is 5.88 Å². The topological polar surface area (TPSA) is 12.5 Å². The molecule has 9 heavy (non-hydrogen) atoms. The van der Waals surface area contributed by atoms with Crippen molar-refractivity contribution in [2.24, 2.45) is 0 Å². The predicted octanol–water partition coefficient (Wildman–Crippen LogP) is 1.62. The van der Waals surface area contributed by atoms with E-state index in [-0.39, 0.29) is 0 Å². The van der Waals surface area contributed by atoms with E-state index in [4.69, 9.17) is 0 Å². The number of alkyl halides is 2. The minimum Gasteiger partial charge on any atom is -0.245 e. The summed E-state index contributed by atoms with van der Waals surface area (Å²) in [4.78, 5) is 4.00. The molecule has 0 aromatic heterocycles. The van der Waals surface area contributed by atoms with Gasteiger partial charge in [-0.05, 0) is 5.41 Å². The van der Waals surface area contributed by atoms with E-state index >= 15 is 0 Å². The zero-order chi connectivity index (χ0) is 6.69. The van der Waals surface area contributed by atoms with Crippen molar-refractivity contribution >= 4 is 11.8 Å². The van der Waals surface area contributed by atoms with Crippen LogP contribution >= 0.6 is 11.8 Å². The third kappa shape index (κ3) is 2.19. The zero-order valence-electron chi connectivity index (χ0n) is 4.46. The van der Waals surface area contributed by atoms with E-state index in [9.17, 15) is 8.78 Å². The second-order valence-electron chi connectivity index (χ2n) is 1.36. The summed E-state index contributed by atoms with van der Waals surface area (Å²) in [7, 11) is 0. The summed E-state index contributed by atoms with van der Waals surface area (Å²) in [6, 6.07) is 0. The summed E-state index contributed by atoms with van der Waals surface area (Å²) >= 11 is 1.41. The van der Waals surface area contributed by atoms with Crippen molar-refractivity contribution in [3.05, 3.63) is 11.6 Å². The summed E-state index contributed by atoms with van der Waals surface area (Å²) in [6.07, 6.45) is 1.47. The molecule has 0 bridgehead atoms. The first-order valence-corrected chi connectivity index (χ1v) is 3.34. The number of hydrogen-bond donors (Lipinski definition) is 0. The summed E-state index contributed by atoms with van der Waals surface area (Å²) in [5, 5.41) is 2.79. The molecule has 2 nitrogen and oxygen atoms in total.